The molecule has 4 unspecified atom stereocenters. The van der Waals surface area contributed by atoms with Gasteiger partial charge in [-0.15, -0.1) is 0 Å². The Morgan fingerprint density at radius 2 is 1.67 bits per heavy atom. The summed E-state index contributed by atoms with van der Waals surface area (Å²) in [7, 11) is 1.71. The molecule has 9 nitrogen and oxygen atoms in total. The number of benzene rings is 1. The lowest BCUT2D eigenvalue weighted by Gasteiger charge is -2.36. The number of hydrogen-bond acceptors (Lipinski definition) is 5. The van der Waals surface area contributed by atoms with Gasteiger partial charge in [0.15, 0.2) is 0 Å². The minimum Gasteiger partial charge on any atom is -0.475 e. The Balaban J connectivity index is 0.000000673. The first-order valence-electron chi connectivity index (χ1n) is 13.0. The lowest BCUT2D eigenvalue weighted by atomic mass is 9.85. The highest BCUT2D eigenvalue weighted by molar-refractivity contribution is 5.94. The second kappa shape index (κ2) is 13.3. The van der Waals surface area contributed by atoms with E-state index in [0.717, 1.165) is 25.7 Å². The summed E-state index contributed by atoms with van der Waals surface area (Å²) >= 11 is 0. The van der Waals surface area contributed by atoms with Gasteiger partial charge in [-0.3, -0.25) is 14.4 Å². The van der Waals surface area contributed by atoms with Crippen molar-refractivity contribution in [2.24, 2.45) is 5.41 Å². The first-order chi connectivity index (χ1) is 18.1. The molecule has 1 aromatic rings. The molecule has 3 rings (SSSR count). The van der Waals surface area contributed by atoms with E-state index in [9.17, 15) is 27.6 Å². The van der Waals surface area contributed by atoms with Crippen LogP contribution in [0.5, 0.6) is 0 Å². The van der Waals surface area contributed by atoms with Gasteiger partial charge >= 0.3 is 12.1 Å². The van der Waals surface area contributed by atoms with Gasteiger partial charge in [-0.25, -0.2) is 4.79 Å². The Morgan fingerprint density at radius 1 is 1.05 bits per heavy atom. The zero-order chi connectivity index (χ0) is 29.5. The molecule has 0 spiro atoms. The molecule has 0 radical (unpaired) electrons. The molecule has 4 N–H and O–H groups in total. The van der Waals surface area contributed by atoms with Crippen LogP contribution in [-0.4, -0.2) is 71.6 Å². The highest BCUT2D eigenvalue weighted by Crippen LogP contribution is 2.31. The van der Waals surface area contributed by atoms with Crippen LogP contribution < -0.4 is 16.0 Å². The average molecular weight is 557 g/mol. The third-order valence-corrected chi connectivity index (χ3v) is 6.99. The quantitative estimate of drug-likeness (QED) is 0.427. The first kappa shape index (κ1) is 32.1. The summed E-state index contributed by atoms with van der Waals surface area (Å²) in [5.41, 5.74) is 1.99. The molecule has 4 atom stereocenters. The smallest absolute Gasteiger partial charge is 0.475 e. The zero-order valence-electron chi connectivity index (χ0n) is 23.0. The van der Waals surface area contributed by atoms with Crippen LogP contribution in [0.2, 0.25) is 0 Å². The third-order valence-electron chi connectivity index (χ3n) is 6.99. The number of alkyl halides is 3. The van der Waals surface area contributed by atoms with Crippen molar-refractivity contribution < 1.29 is 37.5 Å². The number of rotatable bonds is 6. The average Bonchev–Trinajstić information content (AvgIpc) is 3.36. The van der Waals surface area contributed by atoms with Crippen molar-refractivity contribution in [2.45, 2.75) is 90.1 Å². The van der Waals surface area contributed by atoms with Crippen LogP contribution in [0.3, 0.4) is 0 Å². The van der Waals surface area contributed by atoms with Gasteiger partial charge in [-0.1, -0.05) is 45.0 Å². The predicted octanol–water partition coefficient (Wildman–Crippen LogP) is 2.94. The van der Waals surface area contributed by atoms with Gasteiger partial charge in [0.25, 0.3) is 0 Å². The Hall–Kier alpha value is -3.15. The summed E-state index contributed by atoms with van der Waals surface area (Å²) in [5.74, 6) is -3.26. The highest BCUT2D eigenvalue weighted by Gasteiger charge is 2.42. The second-order valence-corrected chi connectivity index (χ2v) is 11.0. The molecule has 3 amide bonds. The van der Waals surface area contributed by atoms with E-state index in [0.29, 0.717) is 13.0 Å². The molecule has 39 heavy (non-hydrogen) atoms. The normalized spacial score (nSPS) is 20.6. The third kappa shape index (κ3) is 8.67. The van der Waals surface area contributed by atoms with Gasteiger partial charge < -0.3 is 26.0 Å². The molecule has 1 aliphatic carbocycles. The van der Waals surface area contributed by atoms with E-state index in [2.05, 4.69) is 28.1 Å². The summed E-state index contributed by atoms with van der Waals surface area (Å²) in [6, 6.07) is 6.65. The molecular weight excluding hydrogens is 517 g/mol. The number of aliphatic carboxylic acids is 1. The van der Waals surface area contributed by atoms with E-state index >= 15 is 0 Å². The number of fused-ring (bicyclic) bond motifs is 1. The highest BCUT2D eigenvalue weighted by atomic mass is 19.4. The fourth-order valence-corrected chi connectivity index (χ4v) is 4.69. The van der Waals surface area contributed by atoms with E-state index in [1.807, 2.05) is 32.9 Å². The van der Waals surface area contributed by atoms with E-state index in [-0.39, 0.29) is 23.8 Å². The summed E-state index contributed by atoms with van der Waals surface area (Å²) in [5, 5.41) is 16.2. The van der Waals surface area contributed by atoms with E-state index < -0.39 is 35.7 Å². The monoisotopic (exact) mass is 556 g/mol. The summed E-state index contributed by atoms with van der Waals surface area (Å²) in [6.07, 6.45) is -0.676. The van der Waals surface area contributed by atoms with Crippen LogP contribution in [-0.2, 0) is 25.6 Å². The summed E-state index contributed by atoms with van der Waals surface area (Å²) in [4.78, 5) is 49.9. The van der Waals surface area contributed by atoms with Crippen molar-refractivity contribution in [3.05, 3.63) is 35.4 Å². The maximum Gasteiger partial charge on any atom is 0.490 e. The number of nitrogens with zero attached hydrogens (tertiary/aromatic N) is 1. The Kier molecular flexibility index (Phi) is 10.9. The van der Waals surface area contributed by atoms with Crippen molar-refractivity contribution in [3.63, 3.8) is 0 Å². The van der Waals surface area contributed by atoms with Gasteiger partial charge in [0.05, 0.1) is 12.1 Å². The van der Waals surface area contributed by atoms with Crippen LogP contribution in [0, 0.1) is 5.41 Å². The van der Waals surface area contributed by atoms with Crippen molar-refractivity contribution in [2.75, 3.05) is 13.6 Å². The molecule has 1 fully saturated rings. The molecule has 0 aromatic heterocycles. The molecule has 1 saturated heterocycles. The number of amides is 3. The zero-order valence-corrected chi connectivity index (χ0v) is 23.0. The number of likely N-dealkylation sites (tertiary alicyclic amines) is 1. The summed E-state index contributed by atoms with van der Waals surface area (Å²) in [6.45, 7) is 8.09. The van der Waals surface area contributed by atoms with Gasteiger partial charge in [-0.05, 0) is 62.6 Å². The lowest BCUT2D eigenvalue weighted by molar-refractivity contribution is -0.192. The number of nitrogens with one attached hydrogen (secondary N) is 3. The molecule has 12 heteroatoms. The number of halogens is 3. The topological polar surface area (TPSA) is 128 Å². The standard InChI is InChI=1S/C25H38N4O3.C2HF3O2/c1-16(26-5)22(30)28-21(25(2,3)4)24(32)29-15-9-14-20(29)23(31)27-19-13-8-11-17-10-6-7-12-18(17)19;3-2(4,5)1(6)7/h6-7,10,12,16,19-21,26H,8-9,11,13-15H2,1-5H3,(H,27,31)(H,28,30);(H,6,7). The van der Waals surface area contributed by atoms with Crippen molar-refractivity contribution in [1.29, 1.82) is 0 Å². The predicted molar refractivity (Wildman–Crippen MR) is 139 cm³/mol. The molecule has 1 aliphatic heterocycles. The second-order valence-electron chi connectivity index (χ2n) is 11.0. The van der Waals surface area contributed by atoms with Gasteiger partial charge in [0.1, 0.15) is 12.1 Å². The van der Waals surface area contributed by atoms with Crippen LogP contribution >= 0.6 is 0 Å². The molecule has 0 bridgehead atoms. The van der Waals surface area contributed by atoms with Gasteiger partial charge in [0, 0.05) is 6.54 Å². The van der Waals surface area contributed by atoms with Crippen molar-refractivity contribution in [3.8, 4) is 0 Å². The minimum absolute atomic E-state index is 0.0143. The van der Waals surface area contributed by atoms with Crippen LogP contribution in [0.25, 0.3) is 0 Å². The summed E-state index contributed by atoms with van der Waals surface area (Å²) < 4.78 is 31.7. The Morgan fingerprint density at radius 3 is 2.23 bits per heavy atom. The van der Waals surface area contributed by atoms with E-state index in [4.69, 9.17) is 9.90 Å². The number of aryl methyl sites for hydroxylation is 1. The minimum atomic E-state index is -5.08. The van der Waals surface area contributed by atoms with Crippen molar-refractivity contribution >= 4 is 23.7 Å². The van der Waals surface area contributed by atoms with Gasteiger partial charge in [-0.2, -0.15) is 13.2 Å². The Labute approximate surface area is 226 Å². The van der Waals surface area contributed by atoms with Crippen LogP contribution in [0.1, 0.15) is 70.5 Å². The molecule has 1 aromatic carbocycles. The molecule has 2 aliphatic rings. The molecule has 0 saturated carbocycles. The number of carbonyl (C=O) groups excluding carboxylic acids is 3. The largest absolute Gasteiger partial charge is 0.490 e. The molecule has 1 heterocycles. The van der Waals surface area contributed by atoms with Gasteiger partial charge in [0.2, 0.25) is 17.7 Å². The maximum atomic E-state index is 13.6. The lowest BCUT2D eigenvalue weighted by Crippen LogP contribution is -2.59. The number of carboxylic acid groups (broad SMARTS) is 1. The molecular formula is C27H39F3N4O5. The number of hydrogen-bond donors (Lipinski definition) is 4. The fourth-order valence-electron chi connectivity index (χ4n) is 4.69. The van der Waals surface area contributed by atoms with Crippen LogP contribution in [0.4, 0.5) is 13.2 Å². The SMILES string of the molecule is CNC(C)C(=O)NC(C(=O)N1CCCC1C(=O)NC1CCCc2ccccc21)C(C)(C)C.O=C(O)C(F)(F)F. The number of carbonyl (C=O) groups is 4. The van der Waals surface area contributed by atoms with Crippen LogP contribution in [0.15, 0.2) is 24.3 Å². The van der Waals surface area contributed by atoms with E-state index in [1.165, 1.54) is 11.1 Å². The Bertz CT molecular complexity index is 1040. The maximum absolute atomic E-state index is 13.6. The first-order valence-corrected chi connectivity index (χ1v) is 13.0. The van der Waals surface area contributed by atoms with E-state index in [1.54, 1.807) is 18.9 Å². The number of likely N-dealkylation sites (N-methyl/N-ethyl adjacent to an activating group) is 1. The molecule has 218 valence electrons. The fraction of sp³-hybridized carbons (Fsp3) is 0.630. The van der Waals surface area contributed by atoms with Crippen molar-refractivity contribution in [1.82, 2.24) is 20.9 Å². The number of carboxylic acids is 1.